The molecule has 0 aromatic rings. The normalized spacial score (nSPS) is 11.6. The average Bonchev–Trinajstić information content (AvgIpc) is 1.83. The molecular formula is C7H14O. The molecule has 1 heteroatoms. The summed E-state index contributed by atoms with van der Waals surface area (Å²) in [5.41, 5.74) is 0. The van der Waals surface area contributed by atoms with Crippen molar-refractivity contribution < 1.29 is 4.74 Å². The van der Waals surface area contributed by atoms with E-state index in [1.807, 2.05) is 19.9 Å². The number of ether oxygens (including phenoxy) is 1. The zero-order valence-corrected chi connectivity index (χ0v) is 5.90. The number of hydrogen-bond donors (Lipinski definition) is 0. The minimum absolute atomic E-state index is 0.843. The summed E-state index contributed by atoms with van der Waals surface area (Å²) in [7, 11) is 0. The second-order valence-corrected chi connectivity index (χ2v) is 1.75. The maximum atomic E-state index is 5.20. The Labute approximate surface area is 51.4 Å². The van der Waals surface area contributed by atoms with Crippen molar-refractivity contribution in [2.24, 2.45) is 0 Å². The lowest BCUT2D eigenvalue weighted by molar-refractivity contribution is 0.214. The molecule has 0 amide bonds. The van der Waals surface area contributed by atoms with E-state index >= 15 is 0 Å². The SMILES string of the molecule is CC=C(C)OCCC. The Hall–Kier alpha value is -0.460. The van der Waals surface area contributed by atoms with Gasteiger partial charge >= 0.3 is 0 Å². The second-order valence-electron chi connectivity index (χ2n) is 1.75. The fourth-order valence-corrected chi connectivity index (χ4v) is 0.346. The Kier molecular flexibility index (Phi) is 4.42. The highest BCUT2D eigenvalue weighted by molar-refractivity contribution is 4.83. The van der Waals surface area contributed by atoms with Crippen LogP contribution in [0.1, 0.15) is 27.2 Å². The molecule has 0 aliphatic carbocycles. The maximum Gasteiger partial charge on any atom is 0.0886 e. The predicted molar refractivity (Wildman–Crippen MR) is 35.7 cm³/mol. The van der Waals surface area contributed by atoms with Crippen LogP contribution >= 0.6 is 0 Å². The molecular weight excluding hydrogens is 100 g/mol. The van der Waals surface area contributed by atoms with E-state index in [1.165, 1.54) is 0 Å². The fraction of sp³-hybridized carbons (Fsp3) is 0.714. The Balaban J connectivity index is 3.12. The highest BCUT2D eigenvalue weighted by Crippen LogP contribution is 1.94. The van der Waals surface area contributed by atoms with Crippen LogP contribution in [-0.4, -0.2) is 6.61 Å². The highest BCUT2D eigenvalue weighted by Gasteiger charge is 1.81. The third kappa shape index (κ3) is 3.72. The molecule has 0 fully saturated rings. The van der Waals surface area contributed by atoms with Crippen LogP contribution in [0.4, 0.5) is 0 Å². The van der Waals surface area contributed by atoms with E-state index in [0.29, 0.717) is 0 Å². The van der Waals surface area contributed by atoms with Gasteiger partial charge in [0.1, 0.15) is 0 Å². The Morgan fingerprint density at radius 3 is 2.62 bits per heavy atom. The van der Waals surface area contributed by atoms with E-state index in [2.05, 4.69) is 6.92 Å². The van der Waals surface area contributed by atoms with Crippen LogP contribution in [0, 0.1) is 0 Å². The standard InChI is InChI=1S/C7H14O/c1-4-6-8-7(3)5-2/h5H,4,6H2,1-3H3. The molecule has 0 aliphatic heterocycles. The van der Waals surface area contributed by atoms with Crippen LogP contribution in [0.2, 0.25) is 0 Å². The number of hydrogen-bond acceptors (Lipinski definition) is 1. The molecule has 8 heavy (non-hydrogen) atoms. The van der Waals surface area contributed by atoms with Crippen molar-refractivity contribution in [2.45, 2.75) is 27.2 Å². The van der Waals surface area contributed by atoms with E-state index in [4.69, 9.17) is 4.74 Å². The van der Waals surface area contributed by atoms with Crippen molar-refractivity contribution >= 4 is 0 Å². The fourth-order valence-electron chi connectivity index (χ4n) is 0.346. The first-order chi connectivity index (χ1) is 3.81. The zero-order chi connectivity index (χ0) is 6.41. The topological polar surface area (TPSA) is 9.23 Å². The van der Waals surface area contributed by atoms with Crippen LogP contribution in [0.5, 0.6) is 0 Å². The first-order valence-corrected chi connectivity index (χ1v) is 3.07. The van der Waals surface area contributed by atoms with Gasteiger partial charge in [0, 0.05) is 0 Å². The maximum absolute atomic E-state index is 5.20. The summed E-state index contributed by atoms with van der Waals surface area (Å²) >= 11 is 0. The molecule has 0 aromatic carbocycles. The summed E-state index contributed by atoms with van der Waals surface area (Å²) in [4.78, 5) is 0. The minimum atomic E-state index is 0.843. The summed E-state index contributed by atoms with van der Waals surface area (Å²) in [6.45, 7) is 6.89. The molecule has 0 unspecified atom stereocenters. The van der Waals surface area contributed by atoms with E-state index < -0.39 is 0 Å². The average molecular weight is 114 g/mol. The van der Waals surface area contributed by atoms with Gasteiger partial charge in [-0.25, -0.2) is 0 Å². The van der Waals surface area contributed by atoms with Crippen molar-refractivity contribution in [3.63, 3.8) is 0 Å². The van der Waals surface area contributed by atoms with Crippen LogP contribution < -0.4 is 0 Å². The summed E-state index contributed by atoms with van der Waals surface area (Å²) < 4.78 is 5.20. The second kappa shape index (κ2) is 4.69. The van der Waals surface area contributed by atoms with Crippen molar-refractivity contribution in [3.05, 3.63) is 11.8 Å². The molecule has 0 radical (unpaired) electrons. The molecule has 1 nitrogen and oxygen atoms in total. The molecule has 0 aromatic heterocycles. The first-order valence-electron chi connectivity index (χ1n) is 3.07. The van der Waals surface area contributed by atoms with Gasteiger partial charge < -0.3 is 4.74 Å². The van der Waals surface area contributed by atoms with Gasteiger partial charge in [-0.1, -0.05) is 13.0 Å². The molecule has 0 saturated carbocycles. The smallest absolute Gasteiger partial charge is 0.0886 e. The third-order valence-corrected chi connectivity index (χ3v) is 0.940. The lowest BCUT2D eigenvalue weighted by Crippen LogP contribution is -1.88. The van der Waals surface area contributed by atoms with Crippen LogP contribution in [0.25, 0.3) is 0 Å². The van der Waals surface area contributed by atoms with Gasteiger partial charge in [-0.05, 0) is 20.3 Å². The zero-order valence-electron chi connectivity index (χ0n) is 5.90. The summed E-state index contributed by atoms with van der Waals surface area (Å²) in [6.07, 6.45) is 3.06. The summed E-state index contributed by atoms with van der Waals surface area (Å²) in [6, 6.07) is 0. The van der Waals surface area contributed by atoms with Crippen LogP contribution in [0.3, 0.4) is 0 Å². The highest BCUT2D eigenvalue weighted by atomic mass is 16.5. The number of allylic oxidation sites excluding steroid dienone is 2. The van der Waals surface area contributed by atoms with Gasteiger partial charge in [-0.2, -0.15) is 0 Å². The molecule has 0 atom stereocenters. The van der Waals surface area contributed by atoms with Crippen LogP contribution in [-0.2, 0) is 4.74 Å². The molecule has 0 bridgehead atoms. The summed E-state index contributed by atoms with van der Waals surface area (Å²) in [5.74, 6) is 1.02. The molecule has 48 valence electrons. The monoisotopic (exact) mass is 114 g/mol. The van der Waals surface area contributed by atoms with Crippen molar-refractivity contribution in [1.29, 1.82) is 0 Å². The summed E-state index contributed by atoms with van der Waals surface area (Å²) in [5, 5.41) is 0. The van der Waals surface area contributed by atoms with Crippen molar-refractivity contribution in [1.82, 2.24) is 0 Å². The van der Waals surface area contributed by atoms with Gasteiger partial charge in [0.15, 0.2) is 0 Å². The third-order valence-electron chi connectivity index (χ3n) is 0.940. The van der Waals surface area contributed by atoms with Crippen LogP contribution in [0.15, 0.2) is 11.8 Å². The molecule has 0 heterocycles. The van der Waals surface area contributed by atoms with Crippen molar-refractivity contribution in [2.75, 3.05) is 6.61 Å². The van der Waals surface area contributed by atoms with Gasteiger partial charge in [0.05, 0.1) is 12.4 Å². The number of rotatable bonds is 3. The van der Waals surface area contributed by atoms with E-state index in [9.17, 15) is 0 Å². The largest absolute Gasteiger partial charge is 0.499 e. The van der Waals surface area contributed by atoms with Gasteiger partial charge in [-0.15, -0.1) is 0 Å². The van der Waals surface area contributed by atoms with Gasteiger partial charge in [0.25, 0.3) is 0 Å². The predicted octanol–water partition coefficient (Wildman–Crippen LogP) is 2.34. The van der Waals surface area contributed by atoms with E-state index in [-0.39, 0.29) is 0 Å². The van der Waals surface area contributed by atoms with Crippen molar-refractivity contribution in [3.8, 4) is 0 Å². The Morgan fingerprint density at radius 1 is 1.62 bits per heavy atom. The van der Waals surface area contributed by atoms with Gasteiger partial charge in [-0.3, -0.25) is 0 Å². The van der Waals surface area contributed by atoms with Gasteiger partial charge in [0.2, 0.25) is 0 Å². The minimum Gasteiger partial charge on any atom is -0.499 e. The Bertz CT molecular complexity index is 74.5. The lowest BCUT2D eigenvalue weighted by atomic mass is 10.5. The molecule has 0 aliphatic rings. The molecule has 0 spiro atoms. The quantitative estimate of drug-likeness (QED) is 0.512. The molecule has 0 saturated heterocycles. The first kappa shape index (κ1) is 7.54. The van der Waals surface area contributed by atoms with E-state index in [0.717, 1.165) is 18.8 Å². The molecule has 0 N–H and O–H groups in total. The molecule has 0 rings (SSSR count). The Morgan fingerprint density at radius 2 is 2.25 bits per heavy atom. The lowest BCUT2D eigenvalue weighted by Gasteiger charge is -2.01. The van der Waals surface area contributed by atoms with E-state index in [1.54, 1.807) is 0 Å².